The van der Waals surface area contributed by atoms with Gasteiger partial charge in [0.05, 0.1) is 5.41 Å². The predicted molar refractivity (Wildman–Crippen MR) is 108 cm³/mol. The van der Waals surface area contributed by atoms with Crippen LogP contribution in [0.2, 0.25) is 0 Å². The van der Waals surface area contributed by atoms with Crippen molar-refractivity contribution in [3.63, 3.8) is 0 Å². The second kappa shape index (κ2) is 7.95. The molecule has 2 aromatic carbocycles. The van der Waals surface area contributed by atoms with Crippen LogP contribution in [0, 0.1) is 12.3 Å². The van der Waals surface area contributed by atoms with Gasteiger partial charge in [0.1, 0.15) is 0 Å². The van der Waals surface area contributed by atoms with Crippen LogP contribution in [0.1, 0.15) is 37.3 Å². The number of nitrogens with zero attached hydrogens (tertiary/aromatic N) is 1. The second-order valence-electron chi connectivity index (χ2n) is 7.66. The zero-order valence-corrected chi connectivity index (χ0v) is 16.2. The Balaban J connectivity index is 1.91. The summed E-state index contributed by atoms with van der Waals surface area (Å²) in [4.78, 5) is 26.6. The average Bonchev–Trinajstić information content (AvgIpc) is 3.08. The molecule has 2 aromatic rings. The van der Waals surface area contributed by atoms with E-state index in [0.717, 1.165) is 23.1 Å². The molecule has 27 heavy (non-hydrogen) atoms. The lowest BCUT2D eigenvalue weighted by Gasteiger charge is -2.27. The number of carbonyl (C=O) groups is 2. The van der Waals surface area contributed by atoms with Crippen LogP contribution in [-0.4, -0.2) is 29.8 Å². The van der Waals surface area contributed by atoms with Crippen molar-refractivity contribution in [1.29, 1.82) is 0 Å². The van der Waals surface area contributed by atoms with Crippen LogP contribution in [0.3, 0.4) is 0 Å². The Kier molecular flexibility index (Phi) is 5.64. The van der Waals surface area contributed by atoms with E-state index in [0.29, 0.717) is 32.4 Å². The number of nitrogens with two attached hydrogens (primary N) is 1. The molecule has 0 radical (unpaired) electrons. The van der Waals surface area contributed by atoms with Crippen LogP contribution >= 0.6 is 0 Å². The molecule has 1 heterocycles. The highest BCUT2D eigenvalue weighted by atomic mass is 16.2. The third-order valence-corrected chi connectivity index (χ3v) is 5.57. The zero-order valence-electron chi connectivity index (χ0n) is 16.2. The second-order valence-corrected chi connectivity index (χ2v) is 7.66. The van der Waals surface area contributed by atoms with E-state index < -0.39 is 5.41 Å². The fourth-order valence-electron chi connectivity index (χ4n) is 4.02. The number of hydrogen-bond donors (Lipinski definition) is 1. The van der Waals surface area contributed by atoms with Crippen molar-refractivity contribution in [3.8, 4) is 11.1 Å². The maximum atomic E-state index is 12.4. The van der Waals surface area contributed by atoms with E-state index in [9.17, 15) is 9.59 Å². The third-order valence-electron chi connectivity index (χ3n) is 5.57. The van der Waals surface area contributed by atoms with Crippen molar-refractivity contribution < 1.29 is 9.59 Å². The van der Waals surface area contributed by atoms with Gasteiger partial charge in [-0.15, -0.1) is 0 Å². The fourth-order valence-corrected chi connectivity index (χ4v) is 4.02. The minimum atomic E-state index is -0.691. The summed E-state index contributed by atoms with van der Waals surface area (Å²) in [5.41, 5.74) is 9.73. The Morgan fingerprint density at radius 1 is 1.15 bits per heavy atom. The van der Waals surface area contributed by atoms with Gasteiger partial charge < -0.3 is 10.6 Å². The molecule has 142 valence electrons. The first-order valence-corrected chi connectivity index (χ1v) is 9.68. The van der Waals surface area contributed by atoms with Gasteiger partial charge in [0, 0.05) is 19.5 Å². The zero-order chi connectivity index (χ0) is 19.4. The van der Waals surface area contributed by atoms with E-state index in [1.54, 1.807) is 0 Å². The van der Waals surface area contributed by atoms with Crippen LogP contribution in [0.25, 0.3) is 11.1 Å². The van der Waals surface area contributed by atoms with Crippen molar-refractivity contribution in [3.05, 3.63) is 59.7 Å². The molecule has 3 rings (SSSR count). The standard InChI is InChI=1S/C23H28N2O2/c1-3-7-21(26)25-13-12-23(16-25,22(24)27)15-19-9-4-5-11-20(19)18-10-6-8-17(2)14-18/h4-6,8-11,14H,3,7,12-13,15-16H2,1-2H3,(H2,24,27). The molecule has 0 aliphatic carbocycles. The van der Waals surface area contributed by atoms with Crippen LogP contribution in [0.5, 0.6) is 0 Å². The summed E-state index contributed by atoms with van der Waals surface area (Å²) in [7, 11) is 0. The normalized spacial score (nSPS) is 19.3. The van der Waals surface area contributed by atoms with Crippen molar-refractivity contribution in [2.45, 2.75) is 39.5 Å². The van der Waals surface area contributed by atoms with Gasteiger partial charge in [0.15, 0.2) is 0 Å². The van der Waals surface area contributed by atoms with E-state index >= 15 is 0 Å². The van der Waals surface area contributed by atoms with E-state index in [2.05, 4.69) is 37.3 Å². The van der Waals surface area contributed by atoms with Crippen molar-refractivity contribution in [1.82, 2.24) is 4.90 Å². The summed E-state index contributed by atoms with van der Waals surface area (Å²) in [5.74, 6) is -0.194. The van der Waals surface area contributed by atoms with Gasteiger partial charge in [-0.1, -0.05) is 61.0 Å². The number of amides is 2. The number of likely N-dealkylation sites (tertiary alicyclic amines) is 1. The number of hydrogen-bond acceptors (Lipinski definition) is 2. The van der Waals surface area contributed by atoms with Crippen LogP contribution in [0.15, 0.2) is 48.5 Å². The number of benzene rings is 2. The molecule has 0 aromatic heterocycles. The largest absolute Gasteiger partial charge is 0.369 e. The van der Waals surface area contributed by atoms with E-state index in [4.69, 9.17) is 5.73 Å². The van der Waals surface area contributed by atoms with Crippen LogP contribution in [0.4, 0.5) is 0 Å². The van der Waals surface area contributed by atoms with Gasteiger partial charge in [-0.3, -0.25) is 9.59 Å². The Morgan fingerprint density at radius 2 is 1.93 bits per heavy atom. The summed E-state index contributed by atoms with van der Waals surface area (Å²) in [6.45, 7) is 5.09. The highest BCUT2D eigenvalue weighted by Gasteiger charge is 2.44. The van der Waals surface area contributed by atoms with Gasteiger partial charge in [-0.2, -0.15) is 0 Å². The Morgan fingerprint density at radius 3 is 2.63 bits per heavy atom. The van der Waals surface area contributed by atoms with Crippen molar-refractivity contribution in [2.24, 2.45) is 11.1 Å². The molecule has 1 aliphatic heterocycles. The topological polar surface area (TPSA) is 63.4 Å². The highest BCUT2D eigenvalue weighted by molar-refractivity contribution is 5.85. The first kappa shape index (κ1) is 19.2. The molecule has 1 atom stereocenters. The van der Waals surface area contributed by atoms with E-state index in [-0.39, 0.29) is 11.8 Å². The Hall–Kier alpha value is -2.62. The Bertz CT molecular complexity index is 846. The molecule has 2 N–H and O–H groups in total. The lowest BCUT2D eigenvalue weighted by molar-refractivity contribution is -0.132. The summed E-state index contributed by atoms with van der Waals surface area (Å²) < 4.78 is 0. The first-order valence-electron chi connectivity index (χ1n) is 9.68. The monoisotopic (exact) mass is 364 g/mol. The van der Waals surface area contributed by atoms with Crippen molar-refractivity contribution >= 4 is 11.8 Å². The predicted octanol–water partition coefficient (Wildman–Crippen LogP) is 3.71. The highest BCUT2D eigenvalue weighted by Crippen LogP contribution is 2.37. The number of primary amides is 1. The molecule has 1 saturated heterocycles. The Labute approximate surface area is 161 Å². The molecule has 4 heteroatoms. The number of carbonyl (C=O) groups excluding carboxylic acids is 2. The van der Waals surface area contributed by atoms with Gasteiger partial charge in [-0.25, -0.2) is 0 Å². The molecule has 2 amide bonds. The molecule has 0 bridgehead atoms. The van der Waals surface area contributed by atoms with Crippen LogP contribution in [-0.2, 0) is 16.0 Å². The van der Waals surface area contributed by atoms with E-state index in [1.807, 2.05) is 30.0 Å². The lowest BCUT2D eigenvalue weighted by Crippen LogP contribution is -2.42. The summed E-state index contributed by atoms with van der Waals surface area (Å²) in [6.07, 6.45) is 2.52. The maximum Gasteiger partial charge on any atom is 0.225 e. The van der Waals surface area contributed by atoms with Crippen LogP contribution < -0.4 is 5.73 Å². The average molecular weight is 364 g/mol. The third kappa shape index (κ3) is 4.05. The number of rotatable bonds is 6. The molecule has 1 unspecified atom stereocenters. The van der Waals surface area contributed by atoms with E-state index in [1.165, 1.54) is 5.56 Å². The molecule has 1 fully saturated rings. The smallest absolute Gasteiger partial charge is 0.225 e. The van der Waals surface area contributed by atoms with Gasteiger partial charge in [-0.05, 0) is 42.9 Å². The van der Waals surface area contributed by atoms with Gasteiger partial charge in [0.25, 0.3) is 0 Å². The minimum Gasteiger partial charge on any atom is -0.369 e. The quantitative estimate of drug-likeness (QED) is 0.849. The molecule has 1 aliphatic rings. The molecule has 0 saturated carbocycles. The molecule has 0 spiro atoms. The first-order chi connectivity index (χ1) is 12.9. The summed E-state index contributed by atoms with van der Waals surface area (Å²) in [5, 5.41) is 0. The van der Waals surface area contributed by atoms with Gasteiger partial charge in [0.2, 0.25) is 11.8 Å². The lowest BCUT2D eigenvalue weighted by atomic mass is 9.78. The maximum absolute atomic E-state index is 12.4. The van der Waals surface area contributed by atoms with Crippen molar-refractivity contribution in [2.75, 3.05) is 13.1 Å². The fraction of sp³-hybridized carbons (Fsp3) is 0.391. The number of aryl methyl sites for hydroxylation is 1. The molecular weight excluding hydrogens is 336 g/mol. The molecule has 4 nitrogen and oxygen atoms in total. The SMILES string of the molecule is CCCC(=O)N1CCC(Cc2ccccc2-c2cccc(C)c2)(C(N)=O)C1. The summed E-state index contributed by atoms with van der Waals surface area (Å²) in [6, 6.07) is 16.5. The minimum absolute atomic E-state index is 0.118. The summed E-state index contributed by atoms with van der Waals surface area (Å²) >= 11 is 0. The van der Waals surface area contributed by atoms with Gasteiger partial charge >= 0.3 is 0 Å². The molecular formula is C23H28N2O2.